The zero-order valence-electron chi connectivity index (χ0n) is 15.5. The molecule has 0 saturated heterocycles. The Morgan fingerprint density at radius 1 is 0.696 bits per heavy atom. The van der Waals surface area contributed by atoms with Crippen LogP contribution >= 0.6 is 0 Å². The quantitative estimate of drug-likeness (QED) is 0.383. The lowest BCUT2D eigenvalue weighted by Gasteiger charge is -2.08. The molecule has 0 N–H and O–H groups in total. The molecule has 5 nitrogen and oxygen atoms in total. The molecule has 0 aromatic heterocycles. The van der Waals surface area contributed by atoms with E-state index in [2.05, 4.69) is 13.8 Å². The fraction of sp³-hybridized carbons (Fsp3) is 0.944. The molecule has 0 heterocycles. The van der Waals surface area contributed by atoms with E-state index < -0.39 is 0 Å². The van der Waals surface area contributed by atoms with Crippen LogP contribution < -0.4 is 0 Å². The molecule has 5 heteroatoms. The summed E-state index contributed by atoms with van der Waals surface area (Å²) in [7, 11) is 0. The summed E-state index contributed by atoms with van der Waals surface area (Å²) in [4.78, 5) is 11.4. The smallest absolute Gasteiger partial charge is 0.158 e. The van der Waals surface area contributed by atoms with Gasteiger partial charge >= 0.3 is 0 Å². The van der Waals surface area contributed by atoms with Gasteiger partial charge in [-0.05, 0) is 24.7 Å². The topological polar surface area (TPSA) is 54.0 Å². The van der Waals surface area contributed by atoms with Gasteiger partial charge in [-0.1, -0.05) is 27.7 Å². The first-order valence-electron chi connectivity index (χ1n) is 8.85. The number of ketones is 1. The van der Waals surface area contributed by atoms with Crippen molar-refractivity contribution in [3.8, 4) is 0 Å². The van der Waals surface area contributed by atoms with Gasteiger partial charge in [0.2, 0.25) is 0 Å². The molecular weight excluding hydrogens is 296 g/mol. The van der Waals surface area contributed by atoms with E-state index in [0.717, 1.165) is 18.9 Å². The Kier molecular flexibility index (Phi) is 16.0. The molecule has 138 valence electrons. The maximum atomic E-state index is 11.4. The molecule has 0 rings (SSSR count). The van der Waals surface area contributed by atoms with Crippen molar-refractivity contribution in [3.63, 3.8) is 0 Å². The summed E-state index contributed by atoms with van der Waals surface area (Å²) in [6.07, 6.45) is 2.90. The SMILES string of the molecule is CC(C)CCCOCCOCCOCCOCC(=O)CC(C)C. The van der Waals surface area contributed by atoms with Gasteiger partial charge in [0.05, 0.1) is 39.6 Å². The standard InChI is InChI=1S/C18H36O5/c1-16(2)6-5-7-20-8-9-21-10-11-22-12-13-23-15-18(19)14-17(3)4/h16-17H,5-15H2,1-4H3. The Labute approximate surface area is 142 Å². The van der Waals surface area contributed by atoms with Crippen LogP contribution in [0.3, 0.4) is 0 Å². The number of hydrogen-bond acceptors (Lipinski definition) is 5. The lowest BCUT2D eigenvalue weighted by atomic mass is 10.1. The van der Waals surface area contributed by atoms with Gasteiger partial charge < -0.3 is 18.9 Å². The van der Waals surface area contributed by atoms with Crippen molar-refractivity contribution in [2.75, 3.05) is 52.9 Å². The average Bonchev–Trinajstić information content (AvgIpc) is 2.46. The fourth-order valence-electron chi connectivity index (χ4n) is 1.95. The summed E-state index contributed by atoms with van der Waals surface area (Å²) in [5.41, 5.74) is 0. The van der Waals surface area contributed by atoms with Crippen LogP contribution in [-0.2, 0) is 23.7 Å². The van der Waals surface area contributed by atoms with Crippen molar-refractivity contribution in [3.05, 3.63) is 0 Å². The first-order valence-corrected chi connectivity index (χ1v) is 8.85. The van der Waals surface area contributed by atoms with Gasteiger partial charge in [-0.3, -0.25) is 4.79 Å². The summed E-state index contributed by atoms with van der Waals surface area (Å²) >= 11 is 0. The van der Waals surface area contributed by atoms with Crippen molar-refractivity contribution < 1.29 is 23.7 Å². The van der Waals surface area contributed by atoms with E-state index in [1.807, 2.05) is 13.8 Å². The third kappa shape index (κ3) is 19.5. The predicted octanol–water partition coefficient (Wildman–Crippen LogP) is 3.10. The number of carbonyl (C=O) groups excluding carboxylic acids is 1. The van der Waals surface area contributed by atoms with Crippen LogP contribution in [0.15, 0.2) is 0 Å². The van der Waals surface area contributed by atoms with E-state index in [-0.39, 0.29) is 12.4 Å². The van der Waals surface area contributed by atoms with E-state index in [0.29, 0.717) is 52.0 Å². The van der Waals surface area contributed by atoms with E-state index in [4.69, 9.17) is 18.9 Å². The van der Waals surface area contributed by atoms with Gasteiger partial charge in [-0.25, -0.2) is 0 Å². The van der Waals surface area contributed by atoms with Crippen LogP contribution in [0, 0.1) is 11.8 Å². The highest BCUT2D eigenvalue weighted by Crippen LogP contribution is 2.02. The summed E-state index contributed by atoms with van der Waals surface area (Å²) < 4.78 is 21.5. The van der Waals surface area contributed by atoms with Crippen molar-refractivity contribution in [1.29, 1.82) is 0 Å². The minimum atomic E-state index is 0.150. The van der Waals surface area contributed by atoms with Crippen LogP contribution in [0.2, 0.25) is 0 Å². The fourth-order valence-corrected chi connectivity index (χ4v) is 1.95. The van der Waals surface area contributed by atoms with Crippen molar-refractivity contribution >= 4 is 5.78 Å². The molecular formula is C18H36O5. The first-order chi connectivity index (χ1) is 11.0. The summed E-state index contributed by atoms with van der Waals surface area (Å²) in [5.74, 6) is 1.28. The Hall–Kier alpha value is -0.490. The molecule has 0 fully saturated rings. The number of carbonyl (C=O) groups is 1. The highest BCUT2D eigenvalue weighted by molar-refractivity contribution is 5.79. The lowest BCUT2D eigenvalue weighted by molar-refractivity contribution is -0.124. The molecule has 0 aliphatic carbocycles. The molecule has 0 atom stereocenters. The lowest BCUT2D eigenvalue weighted by Crippen LogP contribution is -2.15. The molecule has 0 radical (unpaired) electrons. The minimum Gasteiger partial charge on any atom is -0.379 e. The molecule has 0 amide bonds. The summed E-state index contributed by atoms with van der Waals surface area (Å²) in [5, 5.41) is 0. The zero-order valence-corrected chi connectivity index (χ0v) is 15.5. The predicted molar refractivity (Wildman–Crippen MR) is 91.8 cm³/mol. The molecule has 0 unspecified atom stereocenters. The molecule has 0 bridgehead atoms. The Balaban J connectivity index is 3.09. The van der Waals surface area contributed by atoms with Gasteiger partial charge in [0, 0.05) is 13.0 Å². The Bertz CT molecular complexity index is 266. The van der Waals surface area contributed by atoms with Gasteiger partial charge in [0.15, 0.2) is 5.78 Å². The molecule has 0 aliphatic heterocycles. The second kappa shape index (κ2) is 16.4. The van der Waals surface area contributed by atoms with Crippen LogP contribution in [0.4, 0.5) is 0 Å². The second-order valence-corrected chi connectivity index (χ2v) is 6.56. The monoisotopic (exact) mass is 332 g/mol. The van der Waals surface area contributed by atoms with Crippen LogP contribution in [0.1, 0.15) is 47.0 Å². The normalized spacial score (nSPS) is 11.6. The van der Waals surface area contributed by atoms with Gasteiger partial charge in [0.1, 0.15) is 6.61 Å². The number of hydrogen-bond donors (Lipinski definition) is 0. The first kappa shape index (κ1) is 22.5. The maximum Gasteiger partial charge on any atom is 0.158 e. The van der Waals surface area contributed by atoms with Gasteiger partial charge in [-0.2, -0.15) is 0 Å². The Morgan fingerprint density at radius 3 is 1.65 bits per heavy atom. The minimum absolute atomic E-state index is 0.150. The number of Topliss-reactive ketones (excluding diaryl/α,β-unsaturated/α-hetero) is 1. The maximum absolute atomic E-state index is 11.4. The largest absolute Gasteiger partial charge is 0.379 e. The van der Waals surface area contributed by atoms with E-state index >= 15 is 0 Å². The highest BCUT2D eigenvalue weighted by atomic mass is 16.6. The van der Waals surface area contributed by atoms with E-state index in [1.54, 1.807) is 0 Å². The van der Waals surface area contributed by atoms with Gasteiger partial charge in [-0.15, -0.1) is 0 Å². The molecule has 0 saturated carbocycles. The van der Waals surface area contributed by atoms with Crippen LogP contribution in [0.5, 0.6) is 0 Å². The number of ether oxygens (including phenoxy) is 4. The second-order valence-electron chi connectivity index (χ2n) is 6.56. The third-order valence-electron chi connectivity index (χ3n) is 3.09. The summed E-state index contributed by atoms with van der Waals surface area (Å²) in [6.45, 7) is 12.8. The molecule has 0 aliphatic rings. The van der Waals surface area contributed by atoms with Gasteiger partial charge in [0.25, 0.3) is 0 Å². The van der Waals surface area contributed by atoms with Crippen molar-refractivity contribution in [2.45, 2.75) is 47.0 Å². The third-order valence-corrected chi connectivity index (χ3v) is 3.09. The number of rotatable bonds is 17. The zero-order chi connectivity index (χ0) is 17.3. The Morgan fingerprint density at radius 2 is 1.17 bits per heavy atom. The van der Waals surface area contributed by atoms with E-state index in [1.165, 1.54) is 6.42 Å². The highest BCUT2D eigenvalue weighted by Gasteiger charge is 2.04. The van der Waals surface area contributed by atoms with Crippen molar-refractivity contribution in [2.24, 2.45) is 11.8 Å². The van der Waals surface area contributed by atoms with Crippen molar-refractivity contribution in [1.82, 2.24) is 0 Å². The van der Waals surface area contributed by atoms with Crippen LogP contribution in [-0.4, -0.2) is 58.6 Å². The molecule has 23 heavy (non-hydrogen) atoms. The van der Waals surface area contributed by atoms with Crippen LogP contribution in [0.25, 0.3) is 0 Å². The summed E-state index contributed by atoms with van der Waals surface area (Å²) in [6, 6.07) is 0. The molecule has 0 spiro atoms. The molecule has 0 aromatic carbocycles. The van der Waals surface area contributed by atoms with E-state index in [9.17, 15) is 4.79 Å². The average molecular weight is 332 g/mol. The molecule has 0 aromatic rings.